The molecule has 2 rings (SSSR count). The third-order valence-electron chi connectivity index (χ3n) is 4.32. The van der Waals surface area contributed by atoms with Gasteiger partial charge in [-0.05, 0) is 38.5 Å². The van der Waals surface area contributed by atoms with Gasteiger partial charge in [0.25, 0.3) is 0 Å². The zero-order chi connectivity index (χ0) is 13.1. The molecule has 0 amide bonds. The van der Waals surface area contributed by atoms with Gasteiger partial charge in [-0.1, -0.05) is 26.7 Å². The molecule has 102 valence electrons. The van der Waals surface area contributed by atoms with Crippen molar-refractivity contribution in [3.63, 3.8) is 0 Å². The molecule has 3 heteroatoms. The van der Waals surface area contributed by atoms with E-state index in [0.717, 1.165) is 11.8 Å². The summed E-state index contributed by atoms with van der Waals surface area (Å²) >= 11 is 1.78. The van der Waals surface area contributed by atoms with Crippen LogP contribution in [0.4, 0.5) is 0 Å². The first-order valence-corrected chi connectivity index (χ1v) is 8.13. The standard InChI is InChI=1S/C15H26N2S/c1-10(2)13-7-5-6-8-14(13)17-12(4)15-11(3)16-9-18-15/h9-10,12-14,17H,5-8H2,1-4H3. The number of aryl methyl sites for hydroxylation is 1. The van der Waals surface area contributed by atoms with Gasteiger partial charge in [0.2, 0.25) is 0 Å². The third kappa shape index (κ3) is 3.12. The maximum absolute atomic E-state index is 4.36. The Hall–Kier alpha value is -0.410. The average Bonchev–Trinajstić information content (AvgIpc) is 2.76. The van der Waals surface area contributed by atoms with E-state index in [1.807, 2.05) is 5.51 Å². The van der Waals surface area contributed by atoms with Crippen molar-refractivity contribution in [3.05, 3.63) is 16.1 Å². The average molecular weight is 266 g/mol. The number of rotatable bonds is 4. The number of thiazole rings is 1. The van der Waals surface area contributed by atoms with Crippen molar-refractivity contribution in [1.82, 2.24) is 10.3 Å². The lowest BCUT2D eigenvalue weighted by atomic mass is 9.77. The zero-order valence-electron chi connectivity index (χ0n) is 12.1. The minimum absolute atomic E-state index is 0.446. The number of nitrogens with one attached hydrogen (secondary N) is 1. The number of hydrogen-bond donors (Lipinski definition) is 1. The summed E-state index contributed by atoms with van der Waals surface area (Å²) < 4.78 is 0. The van der Waals surface area contributed by atoms with E-state index in [2.05, 4.69) is 38.0 Å². The largest absolute Gasteiger partial charge is 0.306 e. The van der Waals surface area contributed by atoms with E-state index in [0.29, 0.717) is 12.1 Å². The van der Waals surface area contributed by atoms with Gasteiger partial charge in [-0.25, -0.2) is 4.98 Å². The summed E-state index contributed by atoms with van der Waals surface area (Å²) in [5, 5.41) is 3.86. The van der Waals surface area contributed by atoms with Gasteiger partial charge in [-0.2, -0.15) is 0 Å². The summed E-state index contributed by atoms with van der Waals surface area (Å²) in [5.74, 6) is 1.63. The van der Waals surface area contributed by atoms with E-state index >= 15 is 0 Å². The first-order chi connectivity index (χ1) is 8.59. The monoisotopic (exact) mass is 266 g/mol. The smallest absolute Gasteiger partial charge is 0.0798 e. The Labute approximate surface area is 115 Å². The molecule has 1 N–H and O–H groups in total. The Bertz CT molecular complexity index is 372. The molecule has 2 nitrogen and oxygen atoms in total. The molecule has 0 spiro atoms. The molecule has 0 radical (unpaired) electrons. The predicted molar refractivity (Wildman–Crippen MR) is 79.0 cm³/mol. The lowest BCUT2D eigenvalue weighted by molar-refractivity contribution is 0.195. The molecular formula is C15H26N2S. The van der Waals surface area contributed by atoms with Crippen molar-refractivity contribution < 1.29 is 0 Å². The summed E-state index contributed by atoms with van der Waals surface area (Å²) in [6.45, 7) is 9.14. The van der Waals surface area contributed by atoms with Gasteiger partial charge in [0.15, 0.2) is 0 Å². The normalized spacial score (nSPS) is 26.5. The van der Waals surface area contributed by atoms with Crippen LogP contribution in [-0.4, -0.2) is 11.0 Å². The molecule has 3 atom stereocenters. The van der Waals surface area contributed by atoms with Crippen LogP contribution in [-0.2, 0) is 0 Å². The Morgan fingerprint density at radius 3 is 2.61 bits per heavy atom. The van der Waals surface area contributed by atoms with Crippen LogP contribution in [0, 0.1) is 18.8 Å². The second-order valence-corrected chi connectivity index (χ2v) is 6.88. The van der Waals surface area contributed by atoms with E-state index < -0.39 is 0 Å². The predicted octanol–water partition coefficient (Wildman–Crippen LogP) is 4.32. The molecule has 0 aromatic carbocycles. The number of hydrogen-bond acceptors (Lipinski definition) is 3. The van der Waals surface area contributed by atoms with Crippen LogP contribution < -0.4 is 5.32 Å². The van der Waals surface area contributed by atoms with Crippen LogP contribution in [0.15, 0.2) is 5.51 Å². The van der Waals surface area contributed by atoms with Gasteiger partial charge < -0.3 is 5.32 Å². The maximum Gasteiger partial charge on any atom is 0.0798 e. The molecular weight excluding hydrogens is 240 g/mol. The molecule has 0 saturated heterocycles. The summed E-state index contributed by atoms with van der Waals surface area (Å²) in [4.78, 5) is 5.77. The Balaban J connectivity index is 2.01. The van der Waals surface area contributed by atoms with Gasteiger partial charge in [0.05, 0.1) is 11.2 Å². The molecule has 1 aromatic rings. The fourth-order valence-corrected chi connectivity index (χ4v) is 4.11. The minimum atomic E-state index is 0.446. The third-order valence-corrected chi connectivity index (χ3v) is 5.43. The van der Waals surface area contributed by atoms with Gasteiger partial charge in [0, 0.05) is 17.0 Å². The van der Waals surface area contributed by atoms with Crippen LogP contribution >= 0.6 is 11.3 Å². The fourth-order valence-electron chi connectivity index (χ4n) is 3.29. The summed E-state index contributed by atoms with van der Waals surface area (Å²) in [7, 11) is 0. The molecule has 1 aliphatic carbocycles. The SMILES string of the molecule is Cc1ncsc1C(C)NC1CCCCC1C(C)C. The quantitative estimate of drug-likeness (QED) is 0.878. The van der Waals surface area contributed by atoms with Gasteiger partial charge in [0.1, 0.15) is 0 Å². The van der Waals surface area contributed by atoms with Crippen LogP contribution in [0.25, 0.3) is 0 Å². The van der Waals surface area contributed by atoms with Crippen LogP contribution in [0.1, 0.15) is 63.1 Å². The van der Waals surface area contributed by atoms with Crippen LogP contribution in [0.5, 0.6) is 0 Å². The second kappa shape index (κ2) is 6.16. The van der Waals surface area contributed by atoms with E-state index in [9.17, 15) is 0 Å². The Kier molecular flexibility index (Phi) is 4.79. The molecule has 1 aromatic heterocycles. The highest BCUT2D eigenvalue weighted by atomic mass is 32.1. The Morgan fingerprint density at radius 2 is 2.00 bits per heavy atom. The van der Waals surface area contributed by atoms with Crippen molar-refractivity contribution in [2.45, 2.75) is 65.5 Å². The Morgan fingerprint density at radius 1 is 1.28 bits per heavy atom. The summed E-state index contributed by atoms with van der Waals surface area (Å²) in [6.07, 6.45) is 5.53. The number of nitrogens with zero attached hydrogens (tertiary/aromatic N) is 1. The molecule has 3 unspecified atom stereocenters. The van der Waals surface area contributed by atoms with E-state index in [-0.39, 0.29) is 0 Å². The van der Waals surface area contributed by atoms with Crippen LogP contribution in [0.2, 0.25) is 0 Å². The molecule has 0 aliphatic heterocycles. The van der Waals surface area contributed by atoms with E-state index in [1.54, 1.807) is 11.3 Å². The summed E-state index contributed by atoms with van der Waals surface area (Å²) in [6, 6.07) is 1.14. The molecule has 1 fully saturated rings. The second-order valence-electron chi connectivity index (χ2n) is 5.99. The highest BCUT2D eigenvalue weighted by molar-refractivity contribution is 7.09. The van der Waals surface area contributed by atoms with Crippen molar-refractivity contribution >= 4 is 11.3 Å². The van der Waals surface area contributed by atoms with E-state index in [4.69, 9.17) is 0 Å². The summed E-state index contributed by atoms with van der Waals surface area (Å²) in [5.41, 5.74) is 3.15. The topological polar surface area (TPSA) is 24.9 Å². The highest BCUT2D eigenvalue weighted by Crippen LogP contribution is 2.32. The van der Waals surface area contributed by atoms with Crippen molar-refractivity contribution in [2.24, 2.45) is 11.8 Å². The first-order valence-electron chi connectivity index (χ1n) is 7.25. The van der Waals surface area contributed by atoms with Gasteiger partial charge in [-0.15, -0.1) is 11.3 Å². The zero-order valence-corrected chi connectivity index (χ0v) is 12.9. The lowest BCUT2D eigenvalue weighted by Crippen LogP contribution is -2.41. The highest BCUT2D eigenvalue weighted by Gasteiger charge is 2.28. The minimum Gasteiger partial charge on any atom is -0.306 e. The van der Waals surface area contributed by atoms with Crippen LogP contribution in [0.3, 0.4) is 0 Å². The van der Waals surface area contributed by atoms with Crippen molar-refractivity contribution in [2.75, 3.05) is 0 Å². The number of aromatic nitrogens is 1. The molecule has 1 aliphatic rings. The van der Waals surface area contributed by atoms with Crippen molar-refractivity contribution in [1.29, 1.82) is 0 Å². The van der Waals surface area contributed by atoms with E-state index in [1.165, 1.54) is 36.3 Å². The molecule has 1 heterocycles. The molecule has 0 bridgehead atoms. The first kappa shape index (κ1) is 14.0. The lowest BCUT2D eigenvalue weighted by Gasteiger charge is -2.36. The van der Waals surface area contributed by atoms with Gasteiger partial charge >= 0.3 is 0 Å². The molecule has 18 heavy (non-hydrogen) atoms. The van der Waals surface area contributed by atoms with Crippen molar-refractivity contribution in [3.8, 4) is 0 Å². The van der Waals surface area contributed by atoms with Gasteiger partial charge in [-0.3, -0.25) is 0 Å². The molecule has 1 saturated carbocycles. The maximum atomic E-state index is 4.36. The fraction of sp³-hybridized carbons (Fsp3) is 0.800.